The van der Waals surface area contributed by atoms with Crippen LogP contribution in [0.5, 0.6) is 5.75 Å². The minimum atomic E-state index is -4.80. The van der Waals surface area contributed by atoms with Crippen LogP contribution in [0, 0.1) is 11.3 Å². The van der Waals surface area contributed by atoms with Gasteiger partial charge in [-0.2, -0.15) is 18.4 Å². The highest BCUT2D eigenvalue weighted by Gasteiger charge is 2.36. The Bertz CT molecular complexity index is 1290. The molecule has 0 unspecified atom stereocenters. The zero-order valence-electron chi connectivity index (χ0n) is 19.0. The molecule has 0 aliphatic carbocycles. The van der Waals surface area contributed by atoms with Gasteiger partial charge in [-0.1, -0.05) is 11.8 Å². The van der Waals surface area contributed by atoms with Crippen molar-refractivity contribution < 1.29 is 32.2 Å². The van der Waals surface area contributed by atoms with Gasteiger partial charge < -0.3 is 14.8 Å². The number of carbonyl (C=O) groups excluding carboxylic acids is 2. The van der Waals surface area contributed by atoms with Crippen molar-refractivity contribution in [1.82, 2.24) is 9.97 Å². The molecule has 0 aliphatic heterocycles. The maximum Gasteiger partial charge on any atom is 0.417 e. The second-order valence-corrected chi connectivity index (χ2v) is 8.86. The van der Waals surface area contributed by atoms with Gasteiger partial charge in [-0.25, -0.2) is 9.97 Å². The van der Waals surface area contributed by atoms with Crippen molar-refractivity contribution in [1.29, 1.82) is 5.26 Å². The van der Waals surface area contributed by atoms with E-state index in [1.165, 1.54) is 7.11 Å². The summed E-state index contributed by atoms with van der Waals surface area (Å²) in [4.78, 5) is 32.3. The molecule has 36 heavy (non-hydrogen) atoms. The van der Waals surface area contributed by atoms with Gasteiger partial charge in [0.2, 0.25) is 5.91 Å². The first-order valence-corrected chi connectivity index (χ1v) is 12.2. The molecule has 188 valence electrons. The number of amides is 1. The van der Waals surface area contributed by atoms with E-state index < -0.39 is 29.2 Å². The number of thioether (sulfide) groups is 1. The number of hydrogen-bond acceptors (Lipinski definition) is 9. The summed E-state index contributed by atoms with van der Waals surface area (Å²) in [6.45, 7) is 1.91. The molecule has 2 heterocycles. The van der Waals surface area contributed by atoms with Crippen LogP contribution in [0.3, 0.4) is 0 Å². The zero-order valence-corrected chi connectivity index (χ0v) is 20.6. The summed E-state index contributed by atoms with van der Waals surface area (Å²) < 4.78 is 51.1. The first-order valence-electron chi connectivity index (χ1n) is 10.3. The Morgan fingerprint density at radius 3 is 2.56 bits per heavy atom. The number of hydrogen-bond donors (Lipinski definition) is 1. The number of pyridine rings is 1. The normalized spacial score (nSPS) is 11.0. The van der Waals surface area contributed by atoms with Crippen LogP contribution in [0.15, 0.2) is 40.7 Å². The highest BCUT2D eigenvalue weighted by atomic mass is 32.2. The van der Waals surface area contributed by atoms with Crippen molar-refractivity contribution >= 4 is 40.1 Å². The second kappa shape index (κ2) is 11.9. The number of alkyl halides is 3. The van der Waals surface area contributed by atoms with E-state index >= 15 is 0 Å². The molecule has 8 nitrogen and oxygen atoms in total. The average molecular weight is 537 g/mol. The number of rotatable bonds is 9. The number of nitrogens with zero attached hydrogens (tertiary/aromatic N) is 3. The van der Waals surface area contributed by atoms with Crippen molar-refractivity contribution in [2.75, 3.05) is 24.8 Å². The van der Waals surface area contributed by atoms with Crippen molar-refractivity contribution in [2.24, 2.45) is 0 Å². The summed E-state index contributed by atoms with van der Waals surface area (Å²) in [6.07, 6.45) is -4.86. The lowest BCUT2D eigenvalue weighted by Crippen LogP contribution is -2.15. The molecule has 1 N–H and O–H groups in total. The van der Waals surface area contributed by atoms with Gasteiger partial charge in [-0.15, -0.1) is 11.3 Å². The topological polar surface area (TPSA) is 114 Å². The number of carbonyl (C=O) groups is 2. The van der Waals surface area contributed by atoms with Gasteiger partial charge in [-0.05, 0) is 37.3 Å². The standard InChI is InChI=1S/C23H19F3N4O4S2/c1-3-34-20(32)8-14-11-36-22(28-14)30-19(31)12-35-21-16(10-27)17(23(24,25)26)9-18(29-21)13-4-6-15(33-2)7-5-13/h4-7,9,11H,3,8,12H2,1-2H3,(H,28,30,31). The fraction of sp³-hybridized carbons (Fsp3) is 0.261. The van der Waals surface area contributed by atoms with Crippen molar-refractivity contribution in [3.05, 3.63) is 52.5 Å². The van der Waals surface area contributed by atoms with Crippen molar-refractivity contribution in [3.8, 4) is 23.1 Å². The average Bonchev–Trinajstić information content (AvgIpc) is 3.27. The molecule has 0 saturated heterocycles. The summed E-state index contributed by atoms with van der Waals surface area (Å²) in [5.41, 5.74) is -1.01. The molecule has 13 heteroatoms. The minimum absolute atomic E-state index is 0.00424. The maximum atomic E-state index is 13.7. The molecule has 2 aromatic heterocycles. The lowest BCUT2D eigenvalue weighted by atomic mass is 10.1. The van der Waals surface area contributed by atoms with Crippen LogP contribution >= 0.6 is 23.1 Å². The molecule has 0 saturated carbocycles. The third-order valence-corrected chi connectivity index (χ3v) is 6.34. The molecule has 0 atom stereocenters. The van der Waals surface area contributed by atoms with E-state index in [1.807, 2.05) is 0 Å². The predicted molar refractivity (Wildman–Crippen MR) is 128 cm³/mol. The molecule has 0 aliphatic rings. The van der Waals surface area contributed by atoms with Crippen molar-refractivity contribution in [3.63, 3.8) is 0 Å². The molecule has 1 amide bonds. The van der Waals surface area contributed by atoms with Gasteiger partial charge >= 0.3 is 12.1 Å². The van der Waals surface area contributed by atoms with Crippen LogP contribution in [0.4, 0.5) is 18.3 Å². The number of anilines is 1. The third-order valence-electron chi connectivity index (χ3n) is 4.56. The van der Waals surface area contributed by atoms with Gasteiger partial charge in [0.05, 0.1) is 48.4 Å². The summed E-state index contributed by atoms with van der Waals surface area (Å²) >= 11 is 1.79. The first-order chi connectivity index (χ1) is 17.1. The number of aromatic nitrogens is 2. The Morgan fingerprint density at radius 2 is 1.94 bits per heavy atom. The van der Waals surface area contributed by atoms with Gasteiger partial charge in [0, 0.05) is 10.9 Å². The Labute approximate surface area is 212 Å². The van der Waals surface area contributed by atoms with E-state index in [0.717, 1.165) is 17.4 Å². The molecule has 1 aromatic carbocycles. The zero-order chi connectivity index (χ0) is 26.3. The summed E-state index contributed by atoms with van der Waals surface area (Å²) in [7, 11) is 1.46. The van der Waals surface area contributed by atoms with E-state index in [4.69, 9.17) is 9.47 Å². The van der Waals surface area contributed by atoms with E-state index in [0.29, 0.717) is 28.8 Å². The van der Waals surface area contributed by atoms with Gasteiger partial charge in [-0.3, -0.25) is 9.59 Å². The van der Waals surface area contributed by atoms with E-state index in [-0.39, 0.29) is 34.6 Å². The second-order valence-electron chi connectivity index (χ2n) is 7.04. The van der Waals surface area contributed by atoms with Crippen LogP contribution in [-0.2, 0) is 26.9 Å². The number of ether oxygens (including phenoxy) is 2. The number of nitriles is 1. The summed E-state index contributed by atoms with van der Waals surface area (Å²) in [5, 5.41) is 13.5. The number of halogens is 3. The molecular weight excluding hydrogens is 517 g/mol. The Balaban J connectivity index is 1.79. The fourth-order valence-electron chi connectivity index (χ4n) is 2.96. The van der Waals surface area contributed by atoms with Crippen LogP contribution < -0.4 is 10.1 Å². The molecule has 3 rings (SSSR count). The van der Waals surface area contributed by atoms with Crippen LogP contribution in [0.1, 0.15) is 23.7 Å². The molecule has 0 spiro atoms. The van der Waals surface area contributed by atoms with E-state index in [2.05, 4.69) is 15.3 Å². The summed E-state index contributed by atoms with van der Waals surface area (Å²) in [5.74, 6) is -0.824. The molecule has 0 bridgehead atoms. The Morgan fingerprint density at radius 1 is 1.22 bits per heavy atom. The van der Waals surface area contributed by atoms with Gasteiger partial charge in [0.1, 0.15) is 16.8 Å². The van der Waals surface area contributed by atoms with Crippen LogP contribution in [-0.4, -0.2) is 41.3 Å². The summed E-state index contributed by atoms with van der Waals surface area (Å²) in [6, 6.07) is 8.62. The lowest BCUT2D eigenvalue weighted by Gasteiger charge is -2.14. The SMILES string of the molecule is CCOC(=O)Cc1csc(NC(=O)CSc2nc(-c3ccc(OC)cc3)cc(C(F)(F)F)c2C#N)n1. The number of benzene rings is 1. The maximum absolute atomic E-state index is 13.7. The quantitative estimate of drug-likeness (QED) is 0.302. The number of thiazole rings is 1. The van der Waals surface area contributed by atoms with E-state index in [9.17, 15) is 28.0 Å². The Hall–Kier alpha value is -3.63. The van der Waals surface area contributed by atoms with E-state index in [1.54, 1.807) is 42.6 Å². The molecular formula is C23H19F3N4O4S2. The molecule has 0 fully saturated rings. The first kappa shape index (κ1) is 27.0. The number of methoxy groups -OCH3 is 1. The smallest absolute Gasteiger partial charge is 0.417 e. The number of nitrogens with one attached hydrogen (secondary N) is 1. The van der Waals surface area contributed by atoms with Gasteiger partial charge in [0.25, 0.3) is 0 Å². The van der Waals surface area contributed by atoms with Gasteiger partial charge in [0.15, 0.2) is 5.13 Å². The highest BCUT2D eigenvalue weighted by molar-refractivity contribution is 8.00. The molecule has 0 radical (unpaired) electrons. The lowest BCUT2D eigenvalue weighted by molar-refractivity contribution is -0.142. The Kier molecular flexibility index (Phi) is 8.89. The predicted octanol–water partition coefficient (Wildman–Crippen LogP) is 4.94. The monoisotopic (exact) mass is 536 g/mol. The van der Waals surface area contributed by atoms with Crippen LogP contribution in [0.2, 0.25) is 0 Å². The third kappa shape index (κ3) is 6.96. The largest absolute Gasteiger partial charge is 0.497 e. The number of esters is 1. The van der Waals surface area contributed by atoms with Crippen LogP contribution in [0.25, 0.3) is 11.3 Å². The van der Waals surface area contributed by atoms with Crippen molar-refractivity contribution in [2.45, 2.75) is 24.5 Å². The molecule has 3 aromatic rings. The minimum Gasteiger partial charge on any atom is -0.497 e. The highest BCUT2D eigenvalue weighted by Crippen LogP contribution is 2.38. The fourth-order valence-corrected chi connectivity index (χ4v) is 4.49.